The lowest BCUT2D eigenvalue weighted by molar-refractivity contribution is -0.137. The normalized spacial score (nSPS) is 10.6. The second-order valence-corrected chi connectivity index (χ2v) is 4.25. The molecule has 1 heterocycles. The second kappa shape index (κ2) is 4.74. The molecule has 0 atom stereocenters. The van der Waals surface area contributed by atoms with Crippen molar-refractivity contribution in [2.24, 2.45) is 0 Å². The van der Waals surface area contributed by atoms with Crippen LogP contribution in [0.25, 0.3) is 11.3 Å². The van der Waals surface area contributed by atoms with Gasteiger partial charge in [-0.05, 0) is 18.2 Å². The fourth-order valence-corrected chi connectivity index (χ4v) is 1.98. The van der Waals surface area contributed by atoms with Crippen molar-refractivity contribution in [3.63, 3.8) is 0 Å². The largest absolute Gasteiger partial charge is 0.480 e. The zero-order valence-corrected chi connectivity index (χ0v) is 10.2. The summed E-state index contributed by atoms with van der Waals surface area (Å²) in [6.45, 7) is -0.607. The van der Waals surface area contributed by atoms with Crippen LogP contribution in [0.1, 0.15) is 10.4 Å². The van der Waals surface area contributed by atoms with Crippen LogP contribution in [0.5, 0.6) is 0 Å². The number of nitrogens with zero attached hydrogens (tertiary/aromatic N) is 1. The number of carboxylic acid groups (broad SMARTS) is 2. The molecule has 0 aromatic heterocycles. The lowest BCUT2D eigenvalue weighted by Gasteiger charge is -2.00. The molecule has 19 heavy (non-hydrogen) atoms. The molecular formula is C12H8ClNO5. The Balaban J connectivity index is 2.84. The average Bonchev–Trinajstić information content (AvgIpc) is 2.45. The fraction of sp³-hybridized carbons (Fsp3) is 0.0833. The van der Waals surface area contributed by atoms with Crippen LogP contribution in [-0.2, 0) is 11.3 Å². The molecule has 0 aromatic rings. The molecule has 0 radical (unpaired) electrons. The van der Waals surface area contributed by atoms with E-state index in [4.69, 9.17) is 21.8 Å². The molecule has 2 rings (SSSR count). The zero-order valence-electron chi connectivity index (χ0n) is 9.46. The van der Waals surface area contributed by atoms with Crippen molar-refractivity contribution in [2.45, 2.75) is 6.54 Å². The van der Waals surface area contributed by atoms with Crippen molar-refractivity contribution in [2.75, 3.05) is 0 Å². The van der Waals surface area contributed by atoms with Gasteiger partial charge in [-0.1, -0.05) is 17.7 Å². The summed E-state index contributed by atoms with van der Waals surface area (Å²) in [5.41, 5.74) is -0.918. The van der Waals surface area contributed by atoms with Gasteiger partial charge in [0.15, 0.2) is 0 Å². The molecule has 2 aliphatic rings. The first-order chi connectivity index (χ1) is 8.91. The van der Waals surface area contributed by atoms with Crippen molar-refractivity contribution >= 4 is 23.5 Å². The lowest BCUT2D eigenvalue weighted by Crippen LogP contribution is -2.23. The second-order valence-electron chi connectivity index (χ2n) is 3.82. The summed E-state index contributed by atoms with van der Waals surface area (Å²) in [4.78, 5) is 33.8. The highest BCUT2D eigenvalue weighted by atomic mass is 35.5. The van der Waals surface area contributed by atoms with Crippen LogP contribution in [0, 0.1) is 0 Å². The standard InChI is InChI=1S/C12H8ClNO5/c13-6-1-3-7-8(4-2-6)14(5-9(15)16)11(17)10(7)12(18)19/h1-4H,5H2,(H,15,16)(H,18,19). The molecule has 0 unspecified atom stereocenters. The Hall–Kier alpha value is -2.34. The summed E-state index contributed by atoms with van der Waals surface area (Å²) >= 11 is 5.79. The molecular weight excluding hydrogens is 274 g/mol. The van der Waals surface area contributed by atoms with Gasteiger partial charge in [0.05, 0.1) is 5.69 Å². The first-order valence-electron chi connectivity index (χ1n) is 5.19. The molecule has 6 nitrogen and oxygen atoms in total. The zero-order chi connectivity index (χ0) is 14.2. The molecule has 1 aliphatic carbocycles. The van der Waals surface area contributed by atoms with E-state index in [1.165, 1.54) is 24.3 Å². The van der Waals surface area contributed by atoms with E-state index in [1.54, 1.807) is 0 Å². The van der Waals surface area contributed by atoms with Crippen LogP contribution in [0.3, 0.4) is 0 Å². The minimum atomic E-state index is -1.40. The van der Waals surface area contributed by atoms with Crippen LogP contribution < -0.4 is 5.56 Å². The Labute approximate surface area is 111 Å². The predicted octanol–water partition coefficient (Wildman–Crippen LogP) is 1.39. The van der Waals surface area contributed by atoms with E-state index in [0.717, 1.165) is 4.57 Å². The van der Waals surface area contributed by atoms with Crippen molar-refractivity contribution in [1.82, 2.24) is 4.57 Å². The molecule has 0 saturated heterocycles. The highest BCUT2D eigenvalue weighted by Gasteiger charge is 2.25. The summed E-state index contributed by atoms with van der Waals surface area (Å²) < 4.78 is 0.900. The predicted molar refractivity (Wildman–Crippen MR) is 66.9 cm³/mol. The van der Waals surface area contributed by atoms with Crippen molar-refractivity contribution in [3.05, 3.63) is 45.2 Å². The van der Waals surface area contributed by atoms with E-state index < -0.39 is 29.6 Å². The van der Waals surface area contributed by atoms with E-state index >= 15 is 0 Å². The van der Waals surface area contributed by atoms with Crippen LogP contribution in [0.2, 0.25) is 5.02 Å². The van der Waals surface area contributed by atoms with Gasteiger partial charge in [-0.15, -0.1) is 0 Å². The molecule has 0 bridgehead atoms. The maximum absolute atomic E-state index is 11.9. The number of hydrogen-bond acceptors (Lipinski definition) is 3. The van der Waals surface area contributed by atoms with Gasteiger partial charge < -0.3 is 10.2 Å². The number of aliphatic carboxylic acids is 1. The molecule has 0 amide bonds. The smallest absolute Gasteiger partial charge is 0.342 e. The van der Waals surface area contributed by atoms with Crippen molar-refractivity contribution in [3.8, 4) is 11.3 Å². The molecule has 2 N–H and O–H groups in total. The Morgan fingerprint density at radius 2 is 1.79 bits per heavy atom. The van der Waals surface area contributed by atoms with Gasteiger partial charge in [0.25, 0.3) is 5.56 Å². The van der Waals surface area contributed by atoms with E-state index in [1.807, 2.05) is 0 Å². The van der Waals surface area contributed by atoms with Gasteiger partial charge in [0.1, 0.15) is 12.1 Å². The van der Waals surface area contributed by atoms with Gasteiger partial charge in [-0.25, -0.2) is 4.79 Å². The highest BCUT2D eigenvalue weighted by molar-refractivity contribution is 6.30. The van der Waals surface area contributed by atoms with Crippen LogP contribution in [-0.4, -0.2) is 26.7 Å². The first kappa shape index (κ1) is 13.1. The maximum Gasteiger partial charge on any atom is 0.342 e. The Bertz CT molecular complexity index is 706. The number of carboxylic acids is 2. The number of fused-ring (bicyclic) bond motifs is 1. The third-order valence-electron chi connectivity index (χ3n) is 2.61. The average molecular weight is 282 g/mol. The Morgan fingerprint density at radius 3 is 2.37 bits per heavy atom. The van der Waals surface area contributed by atoms with Crippen molar-refractivity contribution < 1.29 is 19.8 Å². The molecule has 1 aliphatic heterocycles. The van der Waals surface area contributed by atoms with Gasteiger partial charge in [0, 0.05) is 10.6 Å². The van der Waals surface area contributed by atoms with Crippen LogP contribution in [0.4, 0.5) is 0 Å². The molecule has 7 heteroatoms. The van der Waals surface area contributed by atoms with E-state index in [0.29, 0.717) is 5.02 Å². The van der Waals surface area contributed by atoms with E-state index in [-0.39, 0.29) is 11.3 Å². The Morgan fingerprint density at radius 1 is 1.16 bits per heavy atom. The van der Waals surface area contributed by atoms with E-state index in [9.17, 15) is 14.4 Å². The fourth-order valence-electron chi connectivity index (χ4n) is 1.86. The monoisotopic (exact) mass is 281 g/mol. The first-order valence-corrected chi connectivity index (χ1v) is 5.56. The lowest BCUT2D eigenvalue weighted by atomic mass is 10.1. The number of halogens is 1. The number of hydrogen-bond donors (Lipinski definition) is 2. The molecule has 0 saturated carbocycles. The van der Waals surface area contributed by atoms with Crippen LogP contribution in [0.15, 0.2) is 29.1 Å². The van der Waals surface area contributed by atoms with Gasteiger partial charge in [-0.3, -0.25) is 14.2 Å². The summed E-state index contributed by atoms with van der Waals surface area (Å²) in [7, 11) is 0. The molecule has 0 aromatic carbocycles. The summed E-state index contributed by atoms with van der Waals surface area (Å²) in [6.07, 6.45) is 0. The molecule has 0 fully saturated rings. The highest BCUT2D eigenvalue weighted by Crippen LogP contribution is 2.25. The quantitative estimate of drug-likeness (QED) is 0.886. The third kappa shape index (κ3) is 2.30. The topological polar surface area (TPSA) is 96.6 Å². The minimum Gasteiger partial charge on any atom is -0.480 e. The molecule has 98 valence electrons. The van der Waals surface area contributed by atoms with Gasteiger partial charge >= 0.3 is 11.9 Å². The summed E-state index contributed by atoms with van der Waals surface area (Å²) in [6, 6.07) is 5.73. The Kier molecular flexibility index (Phi) is 3.26. The SMILES string of the molecule is O=C(O)Cn1c2ccc(Cl)ccc-2c(C(=O)O)c1=O. The molecule has 0 spiro atoms. The summed E-state index contributed by atoms with van der Waals surface area (Å²) in [5, 5.41) is 18.2. The number of aromatic carboxylic acids is 1. The number of rotatable bonds is 3. The maximum atomic E-state index is 11.9. The number of carbonyl (C=O) groups is 2. The van der Waals surface area contributed by atoms with Gasteiger partial charge in [-0.2, -0.15) is 0 Å². The van der Waals surface area contributed by atoms with Crippen LogP contribution >= 0.6 is 11.6 Å². The van der Waals surface area contributed by atoms with Gasteiger partial charge in [0.2, 0.25) is 0 Å². The number of aromatic nitrogens is 1. The third-order valence-corrected chi connectivity index (χ3v) is 2.86. The minimum absolute atomic E-state index is 0.158. The van der Waals surface area contributed by atoms with E-state index in [2.05, 4.69) is 0 Å². The van der Waals surface area contributed by atoms with Crippen molar-refractivity contribution in [1.29, 1.82) is 0 Å². The summed E-state index contributed by atoms with van der Waals surface area (Å²) in [5.74, 6) is -2.63.